The molecule has 0 spiro atoms. The average Bonchev–Trinajstić information content (AvgIpc) is 2.61. The molecule has 0 aliphatic heterocycles. The first-order valence-corrected chi connectivity index (χ1v) is 7.97. The van der Waals surface area contributed by atoms with Crippen LogP contribution in [0.15, 0.2) is 59.4 Å². The summed E-state index contributed by atoms with van der Waals surface area (Å²) in [6.45, 7) is 1.94. The Balaban J connectivity index is 1.67. The van der Waals surface area contributed by atoms with E-state index >= 15 is 0 Å². The number of aromatic nitrogens is 2. The molecule has 5 nitrogen and oxygen atoms in total. The number of nitrogens with one attached hydrogen (secondary N) is 2. The van der Waals surface area contributed by atoms with E-state index in [0.717, 1.165) is 12.8 Å². The Bertz CT molecular complexity index is 903. The highest BCUT2D eigenvalue weighted by Gasteiger charge is 2.13. The maximum absolute atomic E-state index is 12.3. The zero-order valence-electron chi connectivity index (χ0n) is 13.5. The van der Waals surface area contributed by atoms with Gasteiger partial charge in [0.15, 0.2) is 5.82 Å². The molecule has 122 valence electrons. The number of rotatable bonds is 5. The lowest BCUT2D eigenvalue weighted by molar-refractivity contribution is 0.0928. The zero-order chi connectivity index (χ0) is 16.9. The monoisotopic (exact) mass is 321 g/mol. The Morgan fingerprint density at radius 3 is 2.62 bits per heavy atom. The highest BCUT2D eigenvalue weighted by Crippen LogP contribution is 2.07. The van der Waals surface area contributed by atoms with E-state index in [2.05, 4.69) is 27.4 Å². The van der Waals surface area contributed by atoms with E-state index in [1.165, 1.54) is 5.56 Å². The van der Waals surface area contributed by atoms with E-state index in [-0.39, 0.29) is 23.3 Å². The molecule has 0 bridgehead atoms. The van der Waals surface area contributed by atoms with Gasteiger partial charge in [0, 0.05) is 6.04 Å². The van der Waals surface area contributed by atoms with Crippen molar-refractivity contribution in [3.8, 4) is 0 Å². The number of aromatic amines is 1. The first kappa shape index (κ1) is 15.9. The number of benzene rings is 2. The highest BCUT2D eigenvalue weighted by atomic mass is 16.2. The van der Waals surface area contributed by atoms with E-state index in [4.69, 9.17) is 0 Å². The van der Waals surface area contributed by atoms with Gasteiger partial charge >= 0.3 is 0 Å². The number of nitrogens with zero attached hydrogens (tertiary/aromatic N) is 1. The summed E-state index contributed by atoms with van der Waals surface area (Å²) in [5, 5.41) is 3.36. The lowest BCUT2D eigenvalue weighted by Gasteiger charge is -2.13. The standard InChI is InChI=1S/C19H19N3O2/c1-13(11-12-14-7-3-2-4-8-14)20-19(24)17-21-16-10-6-5-9-15(16)18(23)22-17/h2-10,13H,11-12H2,1H3,(H,20,24)(H,21,22,23). The molecule has 0 fully saturated rings. The van der Waals surface area contributed by atoms with Crippen LogP contribution in [0.5, 0.6) is 0 Å². The summed E-state index contributed by atoms with van der Waals surface area (Å²) in [4.78, 5) is 31.1. The fourth-order valence-electron chi connectivity index (χ4n) is 2.59. The molecular weight excluding hydrogens is 302 g/mol. The average molecular weight is 321 g/mol. The second-order valence-electron chi connectivity index (χ2n) is 5.83. The Labute approximate surface area is 139 Å². The van der Waals surface area contributed by atoms with E-state index in [9.17, 15) is 9.59 Å². The molecule has 5 heteroatoms. The van der Waals surface area contributed by atoms with Gasteiger partial charge in [0.1, 0.15) is 0 Å². The molecule has 3 aromatic rings. The summed E-state index contributed by atoms with van der Waals surface area (Å²) < 4.78 is 0. The maximum atomic E-state index is 12.3. The van der Waals surface area contributed by atoms with Crippen molar-refractivity contribution in [3.05, 3.63) is 76.3 Å². The summed E-state index contributed by atoms with van der Waals surface area (Å²) in [6.07, 6.45) is 1.69. The van der Waals surface area contributed by atoms with Gasteiger partial charge in [-0.3, -0.25) is 9.59 Å². The number of carbonyl (C=O) groups is 1. The summed E-state index contributed by atoms with van der Waals surface area (Å²) >= 11 is 0. The van der Waals surface area contributed by atoms with Crippen molar-refractivity contribution in [2.75, 3.05) is 0 Å². The lowest BCUT2D eigenvalue weighted by atomic mass is 10.1. The third-order valence-corrected chi connectivity index (χ3v) is 3.91. The van der Waals surface area contributed by atoms with Crippen LogP contribution in [-0.2, 0) is 6.42 Å². The number of para-hydroxylation sites is 1. The Kier molecular flexibility index (Phi) is 4.70. The third kappa shape index (κ3) is 3.68. The maximum Gasteiger partial charge on any atom is 0.287 e. The van der Waals surface area contributed by atoms with Crippen molar-refractivity contribution in [1.82, 2.24) is 15.3 Å². The fraction of sp³-hybridized carbons (Fsp3) is 0.211. The number of hydrogen-bond acceptors (Lipinski definition) is 3. The molecule has 3 rings (SSSR count). The van der Waals surface area contributed by atoms with Gasteiger partial charge in [-0.15, -0.1) is 0 Å². The molecule has 1 amide bonds. The van der Waals surface area contributed by atoms with Crippen molar-refractivity contribution >= 4 is 16.8 Å². The van der Waals surface area contributed by atoms with E-state index < -0.39 is 0 Å². The minimum atomic E-state index is -0.363. The van der Waals surface area contributed by atoms with Crippen LogP contribution in [0, 0.1) is 0 Å². The number of fused-ring (bicyclic) bond motifs is 1. The third-order valence-electron chi connectivity index (χ3n) is 3.91. The molecule has 0 saturated heterocycles. The van der Waals surface area contributed by atoms with Gasteiger partial charge < -0.3 is 10.3 Å². The summed E-state index contributed by atoms with van der Waals surface area (Å²) in [5.41, 5.74) is 1.45. The van der Waals surface area contributed by atoms with Crippen molar-refractivity contribution in [2.24, 2.45) is 0 Å². The number of carbonyl (C=O) groups excluding carboxylic acids is 1. The molecule has 1 aromatic heterocycles. The van der Waals surface area contributed by atoms with Crippen LogP contribution in [0.3, 0.4) is 0 Å². The molecule has 1 heterocycles. The minimum absolute atomic E-state index is 0.0190. The first-order valence-electron chi connectivity index (χ1n) is 7.97. The van der Waals surface area contributed by atoms with Crippen molar-refractivity contribution in [1.29, 1.82) is 0 Å². The molecule has 1 unspecified atom stereocenters. The van der Waals surface area contributed by atoms with Crippen LogP contribution in [0.1, 0.15) is 29.5 Å². The summed E-state index contributed by atoms with van der Waals surface area (Å²) in [5.74, 6) is -0.316. The van der Waals surface area contributed by atoms with Crippen molar-refractivity contribution in [3.63, 3.8) is 0 Å². The van der Waals surface area contributed by atoms with Gasteiger partial charge in [0.05, 0.1) is 10.9 Å². The number of H-pyrrole nitrogens is 1. The van der Waals surface area contributed by atoms with Gasteiger partial charge in [-0.2, -0.15) is 0 Å². The SMILES string of the molecule is CC(CCc1ccccc1)NC(=O)c1nc2ccccc2c(=O)[nH]1. The molecule has 0 saturated carbocycles. The van der Waals surface area contributed by atoms with Gasteiger partial charge in [-0.25, -0.2) is 4.98 Å². The highest BCUT2D eigenvalue weighted by molar-refractivity contribution is 5.92. The second kappa shape index (κ2) is 7.08. The fourth-order valence-corrected chi connectivity index (χ4v) is 2.59. The van der Waals surface area contributed by atoms with E-state index in [1.54, 1.807) is 24.3 Å². The normalized spacial score (nSPS) is 12.0. The smallest absolute Gasteiger partial charge is 0.287 e. The Morgan fingerprint density at radius 1 is 1.12 bits per heavy atom. The van der Waals surface area contributed by atoms with Crippen LogP contribution < -0.4 is 10.9 Å². The van der Waals surface area contributed by atoms with Crippen LogP contribution in [0.2, 0.25) is 0 Å². The van der Waals surface area contributed by atoms with Crippen LogP contribution in [-0.4, -0.2) is 21.9 Å². The van der Waals surface area contributed by atoms with Crippen molar-refractivity contribution in [2.45, 2.75) is 25.8 Å². The van der Waals surface area contributed by atoms with Gasteiger partial charge in [0.2, 0.25) is 0 Å². The topological polar surface area (TPSA) is 74.8 Å². The first-order chi connectivity index (χ1) is 11.6. The predicted molar refractivity (Wildman–Crippen MR) is 94.1 cm³/mol. The molecular formula is C19H19N3O2. The van der Waals surface area contributed by atoms with Gasteiger partial charge in [-0.05, 0) is 37.5 Å². The van der Waals surface area contributed by atoms with Crippen LogP contribution in [0.25, 0.3) is 10.9 Å². The minimum Gasteiger partial charge on any atom is -0.347 e. The van der Waals surface area contributed by atoms with Crippen molar-refractivity contribution < 1.29 is 4.79 Å². The molecule has 2 aromatic carbocycles. The van der Waals surface area contributed by atoms with Crippen LogP contribution in [0.4, 0.5) is 0 Å². The molecule has 24 heavy (non-hydrogen) atoms. The summed E-state index contributed by atoms with van der Waals surface area (Å²) in [7, 11) is 0. The molecule has 0 aliphatic carbocycles. The predicted octanol–water partition coefficient (Wildman–Crippen LogP) is 2.67. The Hall–Kier alpha value is -2.95. The largest absolute Gasteiger partial charge is 0.347 e. The number of aryl methyl sites for hydroxylation is 1. The molecule has 0 aliphatic rings. The van der Waals surface area contributed by atoms with E-state index in [1.807, 2.05) is 25.1 Å². The summed E-state index contributed by atoms with van der Waals surface area (Å²) in [6, 6.07) is 17.1. The second-order valence-corrected chi connectivity index (χ2v) is 5.83. The number of amides is 1. The molecule has 1 atom stereocenters. The molecule has 2 N–H and O–H groups in total. The van der Waals surface area contributed by atoms with E-state index in [0.29, 0.717) is 10.9 Å². The molecule has 0 radical (unpaired) electrons. The Morgan fingerprint density at radius 2 is 1.83 bits per heavy atom. The van der Waals surface area contributed by atoms with Gasteiger partial charge in [0.25, 0.3) is 11.5 Å². The quantitative estimate of drug-likeness (QED) is 0.758. The lowest BCUT2D eigenvalue weighted by Crippen LogP contribution is -2.35. The zero-order valence-corrected chi connectivity index (χ0v) is 13.5. The van der Waals surface area contributed by atoms with Crippen LogP contribution >= 0.6 is 0 Å². The van der Waals surface area contributed by atoms with Gasteiger partial charge in [-0.1, -0.05) is 42.5 Å². The number of hydrogen-bond donors (Lipinski definition) is 2.